The fraction of sp³-hybridized carbons (Fsp3) is 0.214. The number of fused-ring (bicyclic) bond motifs is 1. The van der Waals surface area contributed by atoms with Gasteiger partial charge in [-0.05, 0) is 77.6 Å². The average molecular weight is 460 g/mol. The Hall–Kier alpha value is -3.69. The molecule has 0 fully saturated rings. The number of ether oxygens (including phenoxy) is 1. The van der Waals surface area contributed by atoms with Crippen molar-refractivity contribution in [1.29, 1.82) is 0 Å². The Balaban J connectivity index is 1.39. The van der Waals surface area contributed by atoms with E-state index in [4.69, 9.17) is 4.74 Å². The van der Waals surface area contributed by atoms with Crippen LogP contribution in [0.2, 0.25) is 0 Å². The number of rotatable bonds is 7. The van der Waals surface area contributed by atoms with Gasteiger partial charge in [0.15, 0.2) is 11.6 Å². The molecular formula is C28H23F3N2O. The summed E-state index contributed by atoms with van der Waals surface area (Å²) in [5.41, 5.74) is 2.76. The van der Waals surface area contributed by atoms with E-state index in [1.807, 2.05) is 18.5 Å². The van der Waals surface area contributed by atoms with Crippen LogP contribution in [0.4, 0.5) is 13.2 Å². The lowest BCUT2D eigenvalue weighted by Crippen LogP contribution is -2.01. The van der Waals surface area contributed by atoms with E-state index < -0.39 is 17.5 Å². The summed E-state index contributed by atoms with van der Waals surface area (Å²) in [6, 6.07) is 12.2. The van der Waals surface area contributed by atoms with Crippen LogP contribution < -0.4 is 0 Å². The molecule has 34 heavy (non-hydrogen) atoms. The number of nitrogens with zero attached hydrogens (tertiary/aromatic N) is 2. The third-order valence-electron chi connectivity index (χ3n) is 5.46. The highest BCUT2D eigenvalue weighted by Gasteiger charge is 2.06. The average Bonchev–Trinajstić information content (AvgIpc) is 2.84. The SMILES string of the molecule is COCCCc1cnc(CCc2ccc(C#Cc3ccc4cc(F)c(F)cc4c3)c(F)c2)nc1. The van der Waals surface area contributed by atoms with Crippen LogP contribution in [-0.4, -0.2) is 23.7 Å². The molecule has 172 valence electrons. The van der Waals surface area contributed by atoms with Crippen molar-refractivity contribution in [2.75, 3.05) is 13.7 Å². The second-order valence-electron chi connectivity index (χ2n) is 8.00. The molecule has 0 spiro atoms. The Morgan fingerprint density at radius 2 is 1.50 bits per heavy atom. The quantitative estimate of drug-likeness (QED) is 0.258. The van der Waals surface area contributed by atoms with E-state index in [-0.39, 0.29) is 5.56 Å². The van der Waals surface area contributed by atoms with Gasteiger partial charge >= 0.3 is 0 Å². The van der Waals surface area contributed by atoms with Crippen LogP contribution in [0.15, 0.2) is 60.9 Å². The summed E-state index contributed by atoms with van der Waals surface area (Å²) in [7, 11) is 1.68. The van der Waals surface area contributed by atoms with Crippen LogP contribution >= 0.6 is 0 Å². The molecular weight excluding hydrogens is 437 g/mol. The smallest absolute Gasteiger partial charge is 0.159 e. The number of hydrogen-bond donors (Lipinski definition) is 0. The summed E-state index contributed by atoms with van der Waals surface area (Å²) >= 11 is 0. The molecule has 0 saturated heterocycles. The van der Waals surface area contributed by atoms with Crippen molar-refractivity contribution in [3.8, 4) is 11.8 Å². The molecule has 4 aromatic rings. The molecule has 1 aromatic heterocycles. The molecule has 4 rings (SSSR count). The van der Waals surface area contributed by atoms with Gasteiger partial charge in [0.25, 0.3) is 0 Å². The van der Waals surface area contributed by atoms with Gasteiger partial charge in [-0.25, -0.2) is 23.1 Å². The lowest BCUT2D eigenvalue weighted by Gasteiger charge is -2.04. The highest BCUT2D eigenvalue weighted by Crippen LogP contribution is 2.20. The lowest BCUT2D eigenvalue weighted by atomic mass is 10.0. The maximum absolute atomic E-state index is 14.6. The topological polar surface area (TPSA) is 35.0 Å². The van der Waals surface area contributed by atoms with Crippen molar-refractivity contribution in [2.24, 2.45) is 0 Å². The zero-order chi connectivity index (χ0) is 23.9. The first kappa shape index (κ1) is 23.5. The maximum Gasteiger partial charge on any atom is 0.159 e. The molecule has 0 amide bonds. The Morgan fingerprint density at radius 1 is 0.735 bits per heavy atom. The molecule has 0 aliphatic rings. The molecule has 3 aromatic carbocycles. The first-order valence-corrected chi connectivity index (χ1v) is 11.0. The zero-order valence-corrected chi connectivity index (χ0v) is 18.7. The van der Waals surface area contributed by atoms with Gasteiger partial charge in [-0.15, -0.1) is 0 Å². The normalized spacial score (nSPS) is 10.8. The van der Waals surface area contributed by atoms with Crippen molar-refractivity contribution in [1.82, 2.24) is 9.97 Å². The van der Waals surface area contributed by atoms with Crippen LogP contribution in [0.1, 0.15) is 34.5 Å². The fourth-order valence-corrected chi connectivity index (χ4v) is 3.59. The fourth-order valence-electron chi connectivity index (χ4n) is 3.59. The predicted octanol–water partition coefficient (Wildman–Crippen LogP) is 5.81. The highest BCUT2D eigenvalue weighted by atomic mass is 19.2. The van der Waals surface area contributed by atoms with E-state index in [9.17, 15) is 13.2 Å². The van der Waals surface area contributed by atoms with Crippen LogP contribution in [0, 0.1) is 29.3 Å². The Bertz CT molecular complexity index is 1360. The minimum absolute atomic E-state index is 0.269. The van der Waals surface area contributed by atoms with Crippen molar-refractivity contribution in [3.63, 3.8) is 0 Å². The van der Waals surface area contributed by atoms with Crippen LogP contribution in [0.25, 0.3) is 10.8 Å². The van der Waals surface area contributed by atoms with Crippen LogP contribution in [0.5, 0.6) is 0 Å². The van der Waals surface area contributed by atoms with E-state index >= 15 is 0 Å². The van der Waals surface area contributed by atoms with E-state index in [0.717, 1.165) is 36.1 Å². The van der Waals surface area contributed by atoms with Crippen LogP contribution in [-0.2, 0) is 24.0 Å². The molecule has 1 heterocycles. The number of aromatic nitrogens is 2. The molecule has 0 N–H and O–H groups in total. The van der Waals surface area contributed by atoms with Gasteiger partial charge in [0.2, 0.25) is 0 Å². The van der Waals surface area contributed by atoms with E-state index in [1.54, 1.807) is 31.4 Å². The third-order valence-corrected chi connectivity index (χ3v) is 5.46. The summed E-state index contributed by atoms with van der Waals surface area (Å²) in [5.74, 6) is 4.21. The van der Waals surface area contributed by atoms with Gasteiger partial charge in [-0.3, -0.25) is 0 Å². The largest absolute Gasteiger partial charge is 0.385 e. The molecule has 0 aliphatic heterocycles. The molecule has 0 aliphatic carbocycles. The summed E-state index contributed by atoms with van der Waals surface area (Å²) in [5, 5.41) is 1.11. The zero-order valence-electron chi connectivity index (χ0n) is 18.7. The number of benzene rings is 3. The second kappa shape index (κ2) is 11.0. The molecule has 0 atom stereocenters. The number of methoxy groups -OCH3 is 1. The van der Waals surface area contributed by atoms with Crippen LogP contribution in [0.3, 0.4) is 0 Å². The van der Waals surface area contributed by atoms with Gasteiger partial charge in [-0.2, -0.15) is 0 Å². The lowest BCUT2D eigenvalue weighted by molar-refractivity contribution is 0.195. The van der Waals surface area contributed by atoms with E-state index in [2.05, 4.69) is 21.8 Å². The predicted molar refractivity (Wildman–Crippen MR) is 126 cm³/mol. The van der Waals surface area contributed by atoms with Gasteiger partial charge in [0.1, 0.15) is 11.6 Å². The summed E-state index contributed by atoms with van der Waals surface area (Å²) in [4.78, 5) is 8.79. The molecule has 0 radical (unpaired) electrons. The van der Waals surface area contributed by atoms with E-state index in [0.29, 0.717) is 41.6 Å². The third kappa shape index (κ3) is 6.00. The van der Waals surface area contributed by atoms with E-state index in [1.165, 1.54) is 6.07 Å². The first-order valence-electron chi connectivity index (χ1n) is 11.0. The van der Waals surface area contributed by atoms with Gasteiger partial charge < -0.3 is 4.74 Å². The summed E-state index contributed by atoms with van der Waals surface area (Å²) < 4.78 is 46.5. The van der Waals surface area contributed by atoms with Crippen molar-refractivity contribution in [2.45, 2.75) is 25.7 Å². The highest BCUT2D eigenvalue weighted by molar-refractivity contribution is 5.84. The Labute approximate surface area is 196 Å². The number of hydrogen-bond acceptors (Lipinski definition) is 3. The van der Waals surface area contributed by atoms with Gasteiger partial charge in [0.05, 0.1) is 5.56 Å². The summed E-state index contributed by atoms with van der Waals surface area (Å²) in [6.45, 7) is 0.706. The minimum atomic E-state index is -0.914. The monoisotopic (exact) mass is 460 g/mol. The summed E-state index contributed by atoms with van der Waals surface area (Å²) in [6.07, 6.45) is 6.67. The maximum atomic E-state index is 14.6. The van der Waals surface area contributed by atoms with Crippen molar-refractivity contribution >= 4 is 10.8 Å². The molecule has 0 unspecified atom stereocenters. The second-order valence-corrected chi connectivity index (χ2v) is 8.00. The minimum Gasteiger partial charge on any atom is -0.385 e. The van der Waals surface area contributed by atoms with Crippen molar-refractivity contribution < 1.29 is 17.9 Å². The molecule has 6 heteroatoms. The molecule has 3 nitrogen and oxygen atoms in total. The molecule has 0 saturated carbocycles. The number of aryl methyl sites for hydroxylation is 3. The Kier molecular flexibility index (Phi) is 7.56. The van der Waals surface area contributed by atoms with Gasteiger partial charge in [-0.1, -0.05) is 24.0 Å². The molecule has 0 bridgehead atoms. The first-order chi connectivity index (χ1) is 16.5. The Morgan fingerprint density at radius 3 is 2.24 bits per heavy atom. The van der Waals surface area contributed by atoms with Gasteiger partial charge in [0, 0.05) is 38.1 Å². The number of halogens is 3. The van der Waals surface area contributed by atoms with Crippen molar-refractivity contribution in [3.05, 3.63) is 106 Å². The standard InChI is InChI=1S/C28H23F3N2O/c1-34-12-2-3-21-17-32-28(33-18-21)11-7-20-5-9-22(25(29)14-20)8-4-19-6-10-23-15-26(30)27(31)16-24(23)13-19/h5-6,9-10,13-18H,2-3,7,11-12H2,1H3.